The molecular weight excluding hydrogens is 240 g/mol. The van der Waals surface area contributed by atoms with E-state index < -0.39 is 0 Å². The van der Waals surface area contributed by atoms with Crippen molar-refractivity contribution < 1.29 is 4.74 Å². The summed E-state index contributed by atoms with van der Waals surface area (Å²) in [6.45, 7) is 1.67. The molecule has 2 atom stereocenters. The summed E-state index contributed by atoms with van der Waals surface area (Å²) in [5.74, 6) is 0. The summed E-state index contributed by atoms with van der Waals surface area (Å²) in [6.07, 6.45) is 6.97. The summed E-state index contributed by atoms with van der Waals surface area (Å²) in [4.78, 5) is 0. The molecule has 0 heterocycles. The zero-order valence-corrected chi connectivity index (χ0v) is 11.8. The summed E-state index contributed by atoms with van der Waals surface area (Å²) in [5.41, 5.74) is 0. The first-order valence-electron chi connectivity index (χ1n) is 5.82. The van der Waals surface area contributed by atoms with Crippen molar-refractivity contribution in [3.05, 3.63) is 0 Å². The SMILES string of the molecule is COCCCNC(=S)NC1CCC(SC)C1. The minimum absolute atomic E-state index is 0.569. The molecule has 1 saturated carbocycles. The molecule has 2 unspecified atom stereocenters. The lowest BCUT2D eigenvalue weighted by molar-refractivity contribution is 0.195. The maximum atomic E-state index is 5.25. The van der Waals surface area contributed by atoms with Crippen LogP contribution >= 0.6 is 24.0 Å². The Bertz CT molecular complexity index is 214. The molecule has 0 aromatic carbocycles. The number of hydrogen-bond acceptors (Lipinski definition) is 3. The molecular formula is C11H22N2OS2. The van der Waals surface area contributed by atoms with E-state index in [0.29, 0.717) is 6.04 Å². The molecule has 2 N–H and O–H groups in total. The first-order valence-corrected chi connectivity index (χ1v) is 7.52. The Kier molecular flexibility index (Phi) is 7.16. The van der Waals surface area contributed by atoms with E-state index in [2.05, 4.69) is 16.9 Å². The topological polar surface area (TPSA) is 33.3 Å². The Balaban J connectivity index is 2.06. The molecule has 94 valence electrons. The molecule has 16 heavy (non-hydrogen) atoms. The zero-order chi connectivity index (χ0) is 11.8. The van der Waals surface area contributed by atoms with Crippen molar-refractivity contribution in [3.63, 3.8) is 0 Å². The monoisotopic (exact) mass is 262 g/mol. The molecule has 0 aliphatic heterocycles. The number of hydrogen-bond donors (Lipinski definition) is 2. The van der Waals surface area contributed by atoms with Crippen LogP contribution in [0.1, 0.15) is 25.7 Å². The van der Waals surface area contributed by atoms with Gasteiger partial charge in [-0.3, -0.25) is 0 Å². The van der Waals surface area contributed by atoms with Gasteiger partial charge in [0.1, 0.15) is 0 Å². The normalized spacial score (nSPS) is 24.4. The number of nitrogens with one attached hydrogen (secondary N) is 2. The van der Waals surface area contributed by atoms with Crippen molar-refractivity contribution in [1.82, 2.24) is 10.6 Å². The summed E-state index contributed by atoms with van der Waals surface area (Å²) < 4.78 is 4.98. The van der Waals surface area contributed by atoms with Gasteiger partial charge in [0.15, 0.2) is 5.11 Å². The number of rotatable bonds is 6. The van der Waals surface area contributed by atoms with Crippen molar-refractivity contribution in [2.45, 2.75) is 37.0 Å². The third kappa shape index (κ3) is 5.37. The molecule has 0 amide bonds. The summed E-state index contributed by atoms with van der Waals surface area (Å²) in [5, 5.41) is 8.20. The summed E-state index contributed by atoms with van der Waals surface area (Å²) in [6, 6.07) is 0.569. The molecule has 5 heteroatoms. The molecule has 0 aromatic rings. The van der Waals surface area contributed by atoms with Crippen LogP contribution in [0.25, 0.3) is 0 Å². The zero-order valence-electron chi connectivity index (χ0n) is 10.1. The van der Waals surface area contributed by atoms with Crippen molar-refractivity contribution in [2.75, 3.05) is 26.5 Å². The summed E-state index contributed by atoms with van der Waals surface area (Å²) in [7, 11) is 1.72. The van der Waals surface area contributed by atoms with Crippen LogP contribution in [0.15, 0.2) is 0 Å². The highest BCUT2D eigenvalue weighted by molar-refractivity contribution is 7.99. The van der Waals surface area contributed by atoms with Gasteiger partial charge in [-0.1, -0.05) is 0 Å². The molecule has 1 aliphatic rings. The van der Waals surface area contributed by atoms with E-state index in [1.807, 2.05) is 11.8 Å². The molecule has 0 saturated heterocycles. The van der Waals surface area contributed by atoms with E-state index >= 15 is 0 Å². The average Bonchev–Trinajstić information content (AvgIpc) is 2.72. The predicted octanol–water partition coefficient (Wildman–Crippen LogP) is 1.77. The average molecular weight is 262 g/mol. The van der Waals surface area contributed by atoms with Crippen molar-refractivity contribution >= 4 is 29.1 Å². The fourth-order valence-corrected chi connectivity index (χ4v) is 3.01. The number of thioether (sulfide) groups is 1. The highest BCUT2D eigenvalue weighted by Crippen LogP contribution is 2.27. The van der Waals surface area contributed by atoms with Gasteiger partial charge in [-0.25, -0.2) is 0 Å². The highest BCUT2D eigenvalue weighted by atomic mass is 32.2. The molecule has 1 rings (SSSR count). The molecule has 0 bridgehead atoms. The van der Waals surface area contributed by atoms with E-state index in [1.54, 1.807) is 7.11 Å². The van der Waals surface area contributed by atoms with E-state index in [1.165, 1.54) is 19.3 Å². The van der Waals surface area contributed by atoms with Crippen molar-refractivity contribution in [1.29, 1.82) is 0 Å². The maximum absolute atomic E-state index is 5.25. The number of methoxy groups -OCH3 is 1. The van der Waals surface area contributed by atoms with Crippen LogP contribution in [0.2, 0.25) is 0 Å². The number of thiocarbonyl (C=S) groups is 1. The smallest absolute Gasteiger partial charge is 0.166 e. The fraction of sp³-hybridized carbons (Fsp3) is 0.909. The Hall–Kier alpha value is 0. The second-order valence-electron chi connectivity index (χ2n) is 4.11. The van der Waals surface area contributed by atoms with Gasteiger partial charge in [0.2, 0.25) is 0 Å². The van der Waals surface area contributed by atoms with Gasteiger partial charge in [-0.15, -0.1) is 0 Å². The van der Waals surface area contributed by atoms with Gasteiger partial charge in [0.05, 0.1) is 0 Å². The summed E-state index contributed by atoms with van der Waals surface area (Å²) >= 11 is 7.21. The lowest BCUT2D eigenvalue weighted by Crippen LogP contribution is -2.41. The van der Waals surface area contributed by atoms with E-state index in [9.17, 15) is 0 Å². The quantitative estimate of drug-likeness (QED) is 0.563. The molecule has 0 aromatic heterocycles. The lowest BCUT2D eigenvalue weighted by Gasteiger charge is -2.16. The highest BCUT2D eigenvalue weighted by Gasteiger charge is 2.23. The van der Waals surface area contributed by atoms with Gasteiger partial charge < -0.3 is 15.4 Å². The molecule has 3 nitrogen and oxygen atoms in total. The second kappa shape index (κ2) is 8.14. The van der Waals surface area contributed by atoms with Crippen LogP contribution in [0.3, 0.4) is 0 Å². The van der Waals surface area contributed by atoms with Crippen LogP contribution in [0.4, 0.5) is 0 Å². The fourth-order valence-electron chi connectivity index (χ4n) is 1.94. The van der Waals surface area contributed by atoms with Gasteiger partial charge in [-0.2, -0.15) is 11.8 Å². The van der Waals surface area contributed by atoms with Gasteiger partial charge >= 0.3 is 0 Å². The van der Waals surface area contributed by atoms with Crippen molar-refractivity contribution in [3.8, 4) is 0 Å². The van der Waals surface area contributed by atoms with E-state index in [-0.39, 0.29) is 0 Å². The van der Waals surface area contributed by atoms with Gasteiger partial charge in [0, 0.05) is 31.6 Å². The Morgan fingerprint density at radius 3 is 2.94 bits per heavy atom. The first kappa shape index (κ1) is 14.1. The third-order valence-electron chi connectivity index (χ3n) is 2.86. The minimum atomic E-state index is 0.569. The molecule has 0 spiro atoms. The standard InChI is InChI=1S/C11H22N2OS2/c1-14-7-3-6-12-11(15)13-9-4-5-10(8-9)16-2/h9-10H,3-8H2,1-2H3,(H2,12,13,15). The largest absolute Gasteiger partial charge is 0.385 e. The minimum Gasteiger partial charge on any atom is -0.385 e. The molecule has 0 radical (unpaired) electrons. The molecule has 1 aliphatic carbocycles. The van der Waals surface area contributed by atoms with Crippen molar-refractivity contribution in [2.24, 2.45) is 0 Å². The van der Waals surface area contributed by atoms with Crippen LogP contribution in [-0.2, 0) is 4.74 Å². The Labute approximate surface area is 108 Å². The van der Waals surface area contributed by atoms with Crippen LogP contribution < -0.4 is 10.6 Å². The third-order valence-corrected chi connectivity index (χ3v) is 4.22. The van der Waals surface area contributed by atoms with Crippen LogP contribution in [0, 0.1) is 0 Å². The van der Waals surface area contributed by atoms with E-state index in [0.717, 1.165) is 29.9 Å². The lowest BCUT2D eigenvalue weighted by atomic mass is 10.2. The second-order valence-corrected chi connectivity index (χ2v) is 5.66. The number of ether oxygens (including phenoxy) is 1. The van der Waals surface area contributed by atoms with E-state index in [4.69, 9.17) is 17.0 Å². The van der Waals surface area contributed by atoms with Gasteiger partial charge in [0.25, 0.3) is 0 Å². The van der Waals surface area contributed by atoms with Crippen LogP contribution in [0.5, 0.6) is 0 Å². The molecule has 1 fully saturated rings. The Morgan fingerprint density at radius 1 is 1.50 bits per heavy atom. The van der Waals surface area contributed by atoms with Gasteiger partial charge in [-0.05, 0) is 44.2 Å². The van der Waals surface area contributed by atoms with Crippen LogP contribution in [-0.4, -0.2) is 42.9 Å². The Morgan fingerprint density at radius 2 is 2.31 bits per heavy atom. The predicted molar refractivity (Wildman–Crippen MR) is 75.2 cm³/mol. The first-order chi connectivity index (χ1) is 7.76. The maximum Gasteiger partial charge on any atom is 0.166 e.